The number of nitrogen functional groups attached to an aromatic ring is 1. The molecule has 2 N–H and O–H groups in total. The Morgan fingerprint density at radius 3 is 2.67 bits per heavy atom. The van der Waals surface area contributed by atoms with Crippen LogP contribution in [0.1, 0.15) is 5.56 Å². The zero-order chi connectivity index (χ0) is 19.0. The van der Waals surface area contributed by atoms with Crippen molar-refractivity contribution in [2.75, 3.05) is 12.8 Å². The highest BCUT2D eigenvalue weighted by Gasteiger charge is 2.21. The Morgan fingerprint density at radius 1 is 1.15 bits per heavy atom. The van der Waals surface area contributed by atoms with Crippen molar-refractivity contribution < 1.29 is 9.26 Å². The molecule has 0 fully saturated rings. The standard InChI is InChI=1S/C18H15ClN6O2/c1-10-3-8-14(26-2)13(9-10)25-16(20)15(22-24-25)18-21-17(23-27-18)11-4-6-12(19)7-5-11/h3-9H,20H2,1-2H3. The van der Waals surface area contributed by atoms with E-state index in [1.165, 1.54) is 4.68 Å². The van der Waals surface area contributed by atoms with Gasteiger partial charge in [-0.1, -0.05) is 28.0 Å². The summed E-state index contributed by atoms with van der Waals surface area (Å²) in [5.41, 5.74) is 9.01. The molecule has 27 heavy (non-hydrogen) atoms. The van der Waals surface area contributed by atoms with Gasteiger partial charge in [-0.05, 0) is 48.9 Å². The second kappa shape index (κ2) is 6.73. The lowest BCUT2D eigenvalue weighted by Crippen LogP contribution is -2.04. The average Bonchev–Trinajstić information content (AvgIpc) is 3.29. The molecule has 0 bridgehead atoms. The van der Waals surface area contributed by atoms with E-state index in [1.54, 1.807) is 31.4 Å². The summed E-state index contributed by atoms with van der Waals surface area (Å²) in [6, 6.07) is 12.8. The number of hydrogen-bond acceptors (Lipinski definition) is 7. The first-order valence-electron chi connectivity index (χ1n) is 8.03. The fourth-order valence-corrected chi connectivity index (χ4v) is 2.75. The molecule has 0 aliphatic rings. The maximum Gasteiger partial charge on any atom is 0.282 e. The molecule has 136 valence electrons. The van der Waals surface area contributed by atoms with Gasteiger partial charge in [0, 0.05) is 10.6 Å². The third-order valence-corrected chi connectivity index (χ3v) is 4.25. The van der Waals surface area contributed by atoms with Gasteiger partial charge in [0.1, 0.15) is 11.4 Å². The van der Waals surface area contributed by atoms with Crippen molar-refractivity contribution >= 4 is 17.4 Å². The van der Waals surface area contributed by atoms with Crippen molar-refractivity contribution in [1.82, 2.24) is 25.1 Å². The van der Waals surface area contributed by atoms with Gasteiger partial charge < -0.3 is 15.0 Å². The second-order valence-electron chi connectivity index (χ2n) is 5.84. The third-order valence-electron chi connectivity index (χ3n) is 4.00. The topological polar surface area (TPSA) is 105 Å². The molecule has 0 spiro atoms. The van der Waals surface area contributed by atoms with E-state index in [4.69, 9.17) is 26.6 Å². The minimum absolute atomic E-state index is 0.176. The number of halogens is 1. The lowest BCUT2D eigenvalue weighted by atomic mass is 10.2. The average molecular weight is 383 g/mol. The second-order valence-corrected chi connectivity index (χ2v) is 6.28. The Bertz CT molecular complexity index is 1100. The molecule has 0 aliphatic carbocycles. The van der Waals surface area contributed by atoms with Crippen LogP contribution in [-0.4, -0.2) is 32.2 Å². The van der Waals surface area contributed by atoms with E-state index in [9.17, 15) is 0 Å². The number of anilines is 1. The van der Waals surface area contributed by atoms with Crippen molar-refractivity contribution in [3.8, 4) is 34.4 Å². The maximum atomic E-state index is 6.25. The molecule has 0 amide bonds. The number of ether oxygens (including phenoxy) is 1. The maximum absolute atomic E-state index is 6.25. The highest BCUT2D eigenvalue weighted by molar-refractivity contribution is 6.30. The highest BCUT2D eigenvalue weighted by Crippen LogP contribution is 2.30. The van der Waals surface area contributed by atoms with Crippen molar-refractivity contribution in [3.05, 3.63) is 53.1 Å². The summed E-state index contributed by atoms with van der Waals surface area (Å²) in [6.45, 7) is 1.97. The smallest absolute Gasteiger partial charge is 0.282 e. The van der Waals surface area contributed by atoms with Crippen molar-refractivity contribution in [2.24, 2.45) is 0 Å². The SMILES string of the molecule is COc1ccc(C)cc1-n1nnc(-c2nc(-c3ccc(Cl)cc3)no2)c1N. The number of aryl methyl sites for hydroxylation is 1. The highest BCUT2D eigenvalue weighted by atomic mass is 35.5. The molecule has 2 heterocycles. The number of aromatic nitrogens is 5. The molecule has 9 heteroatoms. The number of nitrogens with two attached hydrogens (primary N) is 1. The largest absolute Gasteiger partial charge is 0.494 e. The first kappa shape index (κ1) is 17.0. The molecule has 2 aromatic carbocycles. The molecule has 2 aromatic heterocycles. The van der Waals surface area contributed by atoms with E-state index in [2.05, 4.69) is 20.5 Å². The van der Waals surface area contributed by atoms with E-state index in [-0.39, 0.29) is 11.7 Å². The summed E-state index contributed by atoms with van der Waals surface area (Å²) in [7, 11) is 1.58. The van der Waals surface area contributed by atoms with Gasteiger partial charge in [0.15, 0.2) is 11.5 Å². The normalized spacial score (nSPS) is 10.9. The molecular weight excluding hydrogens is 368 g/mol. The number of methoxy groups -OCH3 is 1. The van der Waals surface area contributed by atoms with E-state index in [1.807, 2.05) is 25.1 Å². The Labute approximate surface area is 159 Å². The van der Waals surface area contributed by atoms with Gasteiger partial charge in [0.25, 0.3) is 5.89 Å². The van der Waals surface area contributed by atoms with Crippen molar-refractivity contribution in [2.45, 2.75) is 6.92 Å². The third kappa shape index (κ3) is 3.11. The van der Waals surface area contributed by atoms with Crippen LogP contribution in [-0.2, 0) is 0 Å². The summed E-state index contributed by atoms with van der Waals surface area (Å²) in [5.74, 6) is 1.47. The molecule has 0 unspecified atom stereocenters. The quantitative estimate of drug-likeness (QED) is 0.575. The molecular formula is C18H15ClN6O2. The fraction of sp³-hybridized carbons (Fsp3) is 0.111. The van der Waals surface area contributed by atoms with Crippen LogP contribution in [0.4, 0.5) is 5.82 Å². The number of benzene rings is 2. The molecule has 0 radical (unpaired) electrons. The minimum Gasteiger partial charge on any atom is -0.494 e. The van der Waals surface area contributed by atoms with E-state index >= 15 is 0 Å². The predicted octanol–water partition coefficient (Wildman–Crippen LogP) is 3.54. The molecule has 0 saturated heterocycles. The van der Waals surface area contributed by atoms with Crippen molar-refractivity contribution in [1.29, 1.82) is 0 Å². The van der Waals surface area contributed by atoms with Gasteiger partial charge >= 0.3 is 0 Å². The Balaban J connectivity index is 1.73. The lowest BCUT2D eigenvalue weighted by molar-refractivity contribution is 0.411. The predicted molar refractivity (Wildman–Crippen MR) is 101 cm³/mol. The number of nitrogens with zero attached hydrogens (tertiary/aromatic N) is 5. The van der Waals surface area contributed by atoms with E-state index in [0.29, 0.717) is 28.0 Å². The number of hydrogen-bond donors (Lipinski definition) is 1. The Kier molecular flexibility index (Phi) is 4.25. The monoisotopic (exact) mass is 382 g/mol. The first-order chi connectivity index (χ1) is 13.1. The van der Waals surface area contributed by atoms with Crippen LogP contribution >= 0.6 is 11.6 Å². The summed E-state index contributed by atoms with van der Waals surface area (Å²) >= 11 is 5.91. The lowest BCUT2D eigenvalue weighted by Gasteiger charge is -2.09. The van der Waals surface area contributed by atoms with Crippen LogP contribution in [0.15, 0.2) is 47.0 Å². The zero-order valence-corrected chi connectivity index (χ0v) is 15.3. The van der Waals surface area contributed by atoms with Crippen LogP contribution in [0.5, 0.6) is 5.75 Å². The molecule has 4 aromatic rings. The summed E-state index contributed by atoms with van der Waals surface area (Å²) in [5, 5.41) is 12.8. The molecule has 8 nitrogen and oxygen atoms in total. The number of rotatable bonds is 4. The van der Waals surface area contributed by atoms with Crippen LogP contribution < -0.4 is 10.5 Å². The van der Waals surface area contributed by atoms with E-state index < -0.39 is 0 Å². The van der Waals surface area contributed by atoms with Crippen molar-refractivity contribution in [3.63, 3.8) is 0 Å². The van der Waals surface area contributed by atoms with Gasteiger partial charge in [-0.15, -0.1) is 5.10 Å². The van der Waals surface area contributed by atoms with Gasteiger partial charge in [-0.2, -0.15) is 9.67 Å². The van der Waals surface area contributed by atoms with Gasteiger partial charge in [-0.25, -0.2) is 0 Å². The summed E-state index contributed by atoms with van der Waals surface area (Å²) < 4.78 is 12.2. The summed E-state index contributed by atoms with van der Waals surface area (Å²) in [6.07, 6.45) is 0. The zero-order valence-electron chi connectivity index (χ0n) is 14.5. The van der Waals surface area contributed by atoms with Crippen LogP contribution in [0, 0.1) is 6.92 Å². The van der Waals surface area contributed by atoms with Crippen LogP contribution in [0.3, 0.4) is 0 Å². The molecule has 0 atom stereocenters. The van der Waals surface area contributed by atoms with Gasteiger partial charge in [0.05, 0.1) is 7.11 Å². The van der Waals surface area contributed by atoms with Crippen LogP contribution in [0.2, 0.25) is 5.02 Å². The molecule has 0 saturated carbocycles. The Hall–Kier alpha value is -3.39. The Morgan fingerprint density at radius 2 is 1.93 bits per heavy atom. The minimum atomic E-state index is 0.176. The summed E-state index contributed by atoms with van der Waals surface area (Å²) in [4.78, 5) is 4.36. The molecule has 4 rings (SSSR count). The van der Waals surface area contributed by atoms with Crippen LogP contribution in [0.25, 0.3) is 28.7 Å². The van der Waals surface area contributed by atoms with E-state index in [0.717, 1.165) is 11.1 Å². The first-order valence-corrected chi connectivity index (χ1v) is 8.41. The molecule has 0 aliphatic heterocycles. The van der Waals surface area contributed by atoms with Gasteiger partial charge in [0.2, 0.25) is 5.82 Å². The fourth-order valence-electron chi connectivity index (χ4n) is 2.62. The van der Waals surface area contributed by atoms with Gasteiger partial charge in [-0.3, -0.25) is 0 Å².